The lowest BCUT2D eigenvalue weighted by molar-refractivity contribution is -0.123. The summed E-state index contributed by atoms with van der Waals surface area (Å²) >= 11 is 17.9. The Hall–Kier alpha value is -1.42. The summed E-state index contributed by atoms with van der Waals surface area (Å²) in [4.78, 5) is 12.2. The molecule has 2 aromatic rings. The average Bonchev–Trinajstić information content (AvgIpc) is 2.57. The number of hydrogen-bond donors (Lipinski definition) is 1. The smallest absolute Gasteiger partial charge is 0.258 e. The molecule has 6 heteroatoms. The van der Waals surface area contributed by atoms with Crippen molar-refractivity contribution in [1.82, 2.24) is 5.32 Å². The topological polar surface area (TPSA) is 38.3 Å². The molecule has 126 valence electrons. The average molecular weight is 385 g/mol. The minimum atomic E-state index is -0.196. The summed E-state index contributed by atoms with van der Waals surface area (Å²) < 4.78 is 5.48. The molecule has 0 radical (unpaired) electrons. The van der Waals surface area contributed by atoms with Gasteiger partial charge in [0.2, 0.25) is 0 Å². The predicted octanol–water partition coefficient (Wildman–Crippen LogP) is 5.22. The zero-order valence-electron chi connectivity index (χ0n) is 12.8. The zero-order valence-corrected chi connectivity index (χ0v) is 15.1. The van der Waals surface area contributed by atoms with E-state index in [0.29, 0.717) is 20.8 Å². The minimum absolute atomic E-state index is 0.0235. The highest BCUT2D eigenvalue weighted by Crippen LogP contribution is 2.34. The van der Waals surface area contributed by atoms with Crippen LogP contribution in [0.5, 0.6) is 5.75 Å². The standard InChI is InChI=1S/C18H16Cl3NO2/c19-13-8-15(21)17(9-14(13)20)24-10-18(23)22-16-7-3-5-11-4-1-2-6-12(11)16/h1-2,4,6,8-9,16H,3,5,7,10H2,(H,22,23)/t16-/m0/s1. The number of halogens is 3. The van der Waals surface area contributed by atoms with Crippen LogP contribution in [0.3, 0.4) is 0 Å². The third-order valence-electron chi connectivity index (χ3n) is 4.04. The molecule has 1 amide bonds. The lowest BCUT2D eigenvalue weighted by Gasteiger charge is -2.26. The maximum atomic E-state index is 12.2. The highest BCUT2D eigenvalue weighted by molar-refractivity contribution is 6.43. The summed E-state index contributed by atoms with van der Waals surface area (Å²) in [5, 5.41) is 4.02. The number of fused-ring (bicyclic) bond motifs is 1. The third kappa shape index (κ3) is 3.97. The van der Waals surface area contributed by atoms with Gasteiger partial charge in [-0.1, -0.05) is 59.1 Å². The summed E-state index contributed by atoms with van der Waals surface area (Å²) in [6.45, 7) is -0.129. The first-order valence-corrected chi connectivity index (χ1v) is 8.82. The number of carbonyl (C=O) groups excluding carboxylic acids is 1. The number of rotatable bonds is 4. The van der Waals surface area contributed by atoms with Crippen molar-refractivity contribution in [3.63, 3.8) is 0 Å². The molecule has 2 aromatic carbocycles. The highest BCUT2D eigenvalue weighted by Gasteiger charge is 2.21. The summed E-state index contributed by atoms with van der Waals surface area (Å²) in [5.41, 5.74) is 2.48. The molecule has 1 aliphatic rings. The molecule has 0 saturated carbocycles. The molecule has 0 heterocycles. The monoisotopic (exact) mass is 383 g/mol. The molecule has 0 bridgehead atoms. The largest absolute Gasteiger partial charge is 0.482 e. The normalized spacial score (nSPS) is 16.4. The van der Waals surface area contributed by atoms with Crippen LogP contribution in [0.4, 0.5) is 0 Å². The van der Waals surface area contributed by atoms with Crippen LogP contribution in [-0.2, 0) is 11.2 Å². The maximum absolute atomic E-state index is 12.2. The number of ether oxygens (including phenoxy) is 1. The minimum Gasteiger partial charge on any atom is -0.482 e. The molecule has 0 saturated heterocycles. The highest BCUT2D eigenvalue weighted by atomic mass is 35.5. The van der Waals surface area contributed by atoms with Crippen LogP contribution in [0.1, 0.15) is 30.0 Å². The van der Waals surface area contributed by atoms with Crippen molar-refractivity contribution in [3.8, 4) is 5.75 Å². The maximum Gasteiger partial charge on any atom is 0.258 e. The number of carbonyl (C=O) groups is 1. The molecule has 0 unspecified atom stereocenters. The summed E-state index contributed by atoms with van der Waals surface area (Å²) in [6.07, 6.45) is 3.04. The second kappa shape index (κ2) is 7.64. The Morgan fingerprint density at radius 1 is 1.12 bits per heavy atom. The molecule has 3 rings (SSSR count). The van der Waals surface area contributed by atoms with Gasteiger partial charge in [-0.05, 0) is 36.5 Å². The fraction of sp³-hybridized carbons (Fsp3) is 0.278. The molecule has 0 spiro atoms. The van der Waals surface area contributed by atoms with Crippen molar-refractivity contribution >= 4 is 40.7 Å². The fourth-order valence-electron chi connectivity index (χ4n) is 2.90. The van der Waals surface area contributed by atoms with E-state index in [0.717, 1.165) is 19.3 Å². The van der Waals surface area contributed by atoms with Crippen molar-refractivity contribution in [2.24, 2.45) is 0 Å². The van der Waals surface area contributed by atoms with E-state index in [-0.39, 0.29) is 18.6 Å². The fourth-order valence-corrected chi connectivity index (χ4v) is 3.49. The first-order valence-electron chi connectivity index (χ1n) is 7.69. The van der Waals surface area contributed by atoms with Gasteiger partial charge < -0.3 is 10.1 Å². The Kier molecular flexibility index (Phi) is 5.54. The van der Waals surface area contributed by atoms with Gasteiger partial charge in [0, 0.05) is 6.07 Å². The van der Waals surface area contributed by atoms with E-state index < -0.39 is 0 Å². The molecular formula is C18H16Cl3NO2. The summed E-state index contributed by atoms with van der Waals surface area (Å²) in [7, 11) is 0. The van der Waals surface area contributed by atoms with Crippen LogP contribution in [-0.4, -0.2) is 12.5 Å². The Morgan fingerprint density at radius 2 is 1.88 bits per heavy atom. The molecule has 1 atom stereocenters. The van der Waals surface area contributed by atoms with Crippen LogP contribution in [0.25, 0.3) is 0 Å². The first kappa shape index (κ1) is 17.4. The van der Waals surface area contributed by atoms with E-state index in [2.05, 4.69) is 17.4 Å². The van der Waals surface area contributed by atoms with E-state index in [1.807, 2.05) is 12.1 Å². The van der Waals surface area contributed by atoms with E-state index in [9.17, 15) is 4.79 Å². The van der Waals surface area contributed by atoms with Gasteiger partial charge in [-0.3, -0.25) is 4.79 Å². The van der Waals surface area contributed by atoms with Crippen LogP contribution in [0.2, 0.25) is 15.1 Å². The van der Waals surface area contributed by atoms with Crippen LogP contribution >= 0.6 is 34.8 Å². The second-order valence-corrected chi connectivity index (χ2v) is 6.92. The number of benzene rings is 2. The molecular weight excluding hydrogens is 369 g/mol. The third-order valence-corrected chi connectivity index (χ3v) is 5.06. The Labute approximate surface area is 155 Å². The molecule has 1 N–H and O–H groups in total. The predicted molar refractivity (Wildman–Crippen MR) is 97.2 cm³/mol. The SMILES string of the molecule is O=C(COc1cc(Cl)c(Cl)cc1Cl)N[C@H]1CCCc2ccccc21. The van der Waals surface area contributed by atoms with Crippen molar-refractivity contribution < 1.29 is 9.53 Å². The van der Waals surface area contributed by atoms with Gasteiger partial charge in [0.15, 0.2) is 6.61 Å². The molecule has 24 heavy (non-hydrogen) atoms. The van der Waals surface area contributed by atoms with E-state index in [1.165, 1.54) is 23.3 Å². The van der Waals surface area contributed by atoms with Crippen LogP contribution in [0, 0.1) is 0 Å². The number of hydrogen-bond acceptors (Lipinski definition) is 2. The first-order chi connectivity index (χ1) is 11.5. The Morgan fingerprint density at radius 3 is 2.71 bits per heavy atom. The molecule has 3 nitrogen and oxygen atoms in total. The number of aryl methyl sites for hydroxylation is 1. The Bertz CT molecular complexity index is 764. The molecule has 0 fully saturated rings. The lowest BCUT2D eigenvalue weighted by Crippen LogP contribution is -2.34. The van der Waals surface area contributed by atoms with Gasteiger partial charge in [0.05, 0.1) is 21.1 Å². The van der Waals surface area contributed by atoms with Crippen molar-refractivity contribution in [2.45, 2.75) is 25.3 Å². The molecule has 1 aliphatic carbocycles. The van der Waals surface area contributed by atoms with Gasteiger partial charge in [-0.2, -0.15) is 0 Å². The summed E-state index contributed by atoms with van der Waals surface area (Å²) in [5.74, 6) is 0.143. The number of amides is 1. The van der Waals surface area contributed by atoms with Crippen LogP contribution in [0.15, 0.2) is 36.4 Å². The Balaban J connectivity index is 1.62. The second-order valence-electron chi connectivity index (χ2n) is 5.70. The van der Waals surface area contributed by atoms with Gasteiger partial charge >= 0.3 is 0 Å². The van der Waals surface area contributed by atoms with E-state index >= 15 is 0 Å². The van der Waals surface area contributed by atoms with Crippen molar-refractivity contribution in [1.29, 1.82) is 0 Å². The number of nitrogens with one attached hydrogen (secondary N) is 1. The van der Waals surface area contributed by atoms with Crippen molar-refractivity contribution in [2.75, 3.05) is 6.61 Å². The van der Waals surface area contributed by atoms with Crippen LogP contribution < -0.4 is 10.1 Å². The van der Waals surface area contributed by atoms with Crippen molar-refractivity contribution in [3.05, 3.63) is 62.6 Å². The molecule has 0 aromatic heterocycles. The van der Waals surface area contributed by atoms with E-state index in [1.54, 1.807) is 0 Å². The van der Waals surface area contributed by atoms with Gasteiger partial charge in [-0.15, -0.1) is 0 Å². The summed E-state index contributed by atoms with van der Waals surface area (Å²) in [6, 6.07) is 11.2. The zero-order chi connectivity index (χ0) is 17.1. The van der Waals surface area contributed by atoms with Gasteiger partial charge in [0.25, 0.3) is 5.91 Å². The molecule has 0 aliphatic heterocycles. The van der Waals surface area contributed by atoms with Gasteiger partial charge in [-0.25, -0.2) is 0 Å². The quantitative estimate of drug-likeness (QED) is 0.734. The lowest BCUT2D eigenvalue weighted by atomic mass is 9.88. The van der Waals surface area contributed by atoms with Gasteiger partial charge in [0.1, 0.15) is 5.75 Å². The van der Waals surface area contributed by atoms with E-state index in [4.69, 9.17) is 39.5 Å².